The molecule has 0 fully saturated rings. The average Bonchev–Trinajstić information content (AvgIpc) is 3.68. The Hall–Kier alpha value is -5.25. The Morgan fingerprint density at radius 1 is 0.829 bits per heavy atom. The molecule has 0 saturated heterocycles. The van der Waals surface area contributed by atoms with Gasteiger partial charge in [0.2, 0.25) is 5.95 Å². The van der Waals surface area contributed by atoms with E-state index in [2.05, 4.69) is 133 Å². The van der Waals surface area contributed by atoms with Crippen LogP contribution < -0.4 is 24.3 Å². The van der Waals surface area contributed by atoms with Crippen LogP contribution in [-0.4, -0.2) is 51.4 Å². The summed E-state index contributed by atoms with van der Waals surface area (Å²) >= 11 is 0. The third kappa shape index (κ3) is 3.33. The van der Waals surface area contributed by atoms with Crippen LogP contribution in [0.25, 0.3) is 22.4 Å². The maximum Gasteiger partial charge on any atom is 0.268 e. The van der Waals surface area contributed by atoms with Crippen molar-refractivity contribution in [3.05, 3.63) is 85.3 Å². The van der Waals surface area contributed by atoms with Crippen molar-refractivity contribution >= 4 is 51.6 Å². The molecule has 0 radical (unpaired) electrons. The molecule has 0 bridgehead atoms. The van der Waals surface area contributed by atoms with Crippen molar-refractivity contribution < 1.29 is 4.57 Å². The van der Waals surface area contributed by atoms with Gasteiger partial charge in [-0.1, -0.05) is 36.4 Å². The first-order chi connectivity index (χ1) is 20.0. The quantitative estimate of drug-likeness (QED) is 0.322. The molecule has 41 heavy (non-hydrogen) atoms. The molecule has 6 heterocycles. The van der Waals surface area contributed by atoms with Crippen LogP contribution >= 0.6 is 0 Å². The lowest BCUT2D eigenvalue weighted by atomic mass is 10.1. The first-order valence-electron chi connectivity index (χ1n) is 13.8. The number of benzene rings is 2. The number of fused-ring (bicyclic) bond motifs is 5. The summed E-state index contributed by atoms with van der Waals surface area (Å²) in [6, 6.07) is 25.2. The van der Waals surface area contributed by atoms with Crippen LogP contribution in [0.5, 0.6) is 0 Å². The number of likely N-dealkylation sites (N-methyl/N-ethyl adjacent to an activating group) is 1. The smallest absolute Gasteiger partial charge is 0.268 e. The second-order valence-electron chi connectivity index (χ2n) is 10.7. The van der Waals surface area contributed by atoms with Gasteiger partial charge < -0.3 is 9.91 Å². The third-order valence-corrected chi connectivity index (χ3v) is 8.23. The fraction of sp³-hybridized carbons (Fsp3) is 0.194. The zero-order chi connectivity index (χ0) is 27.8. The summed E-state index contributed by atoms with van der Waals surface area (Å²) < 4.78 is 6.46. The van der Waals surface area contributed by atoms with Crippen LogP contribution in [0.15, 0.2) is 85.3 Å². The molecule has 6 aromatic rings. The predicted molar refractivity (Wildman–Crippen MR) is 163 cm³/mol. The number of anilines is 7. The van der Waals surface area contributed by atoms with E-state index >= 15 is 0 Å². The van der Waals surface area contributed by atoms with Gasteiger partial charge in [-0.3, -0.25) is 19.4 Å². The molecule has 1 N–H and O–H groups in total. The fourth-order valence-corrected chi connectivity index (χ4v) is 6.30. The average molecular weight is 544 g/mol. The largest absolute Gasteiger partial charge is 0.324 e. The molecule has 0 saturated carbocycles. The van der Waals surface area contributed by atoms with Gasteiger partial charge in [-0.2, -0.15) is 4.98 Å². The zero-order valence-electron chi connectivity index (χ0n) is 23.5. The number of hydrogen-bond donors (Lipinski definition) is 1. The molecule has 10 heteroatoms. The summed E-state index contributed by atoms with van der Waals surface area (Å²) in [6.07, 6.45) is 4.12. The van der Waals surface area contributed by atoms with Gasteiger partial charge in [0.05, 0.1) is 49.5 Å². The second-order valence-corrected chi connectivity index (χ2v) is 10.7. The van der Waals surface area contributed by atoms with E-state index in [1.54, 1.807) is 0 Å². The first kappa shape index (κ1) is 23.6. The Morgan fingerprint density at radius 2 is 1.61 bits per heavy atom. The van der Waals surface area contributed by atoms with E-state index in [9.17, 15) is 0 Å². The van der Waals surface area contributed by atoms with Gasteiger partial charge in [-0.05, 0) is 36.4 Å². The van der Waals surface area contributed by atoms with Crippen molar-refractivity contribution in [2.45, 2.75) is 0 Å². The maximum atomic E-state index is 5.34. The number of imidazole rings is 2. The number of aryl methyl sites for hydroxylation is 2. The molecule has 2 aliphatic rings. The standard InChI is InChI=1S/C31H30N10/c1-35-19-22(27-29(35)36(2)20-32-27)23-13-10-16-26(33-23)39-18-17-37(3)41-30-28(34-31(39)41)40(21-11-6-5-7-12-21)25-15-9-8-14-24(25)38(30)4/h5-16,19-20H,17-18H2,1-4H3/p+1. The lowest BCUT2D eigenvalue weighted by Crippen LogP contribution is -2.45. The lowest BCUT2D eigenvalue weighted by molar-refractivity contribution is -0.647. The van der Waals surface area contributed by atoms with Crippen LogP contribution in [0.3, 0.4) is 0 Å². The SMILES string of the molecule is CN1c2ccccc2N(c2ccccc2)c2nc3n(c21)N(C)CCN3c1cccc(-c2cn(C)c3c2[nH]c[n+]3C)n1. The molecule has 10 nitrogen and oxygen atoms in total. The molecule has 2 aromatic carbocycles. The van der Waals surface area contributed by atoms with E-state index in [0.29, 0.717) is 0 Å². The van der Waals surface area contributed by atoms with Gasteiger partial charge in [-0.15, -0.1) is 0 Å². The predicted octanol–water partition coefficient (Wildman–Crippen LogP) is 4.86. The van der Waals surface area contributed by atoms with Crippen LogP contribution in [0.1, 0.15) is 0 Å². The van der Waals surface area contributed by atoms with Gasteiger partial charge in [0.25, 0.3) is 5.65 Å². The van der Waals surface area contributed by atoms with E-state index in [4.69, 9.17) is 9.97 Å². The third-order valence-electron chi connectivity index (χ3n) is 8.23. The summed E-state index contributed by atoms with van der Waals surface area (Å²) in [5.41, 5.74) is 7.51. The van der Waals surface area contributed by atoms with Gasteiger partial charge in [0.1, 0.15) is 5.82 Å². The second kappa shape index (κ2) is 8.62. The van der Waals surface area contributed by atoms with Gasteiger partial charge in [-0.25, -0.2) is 14.2 Å². The molecule has 204 valence electrons. The van der Waals surface area contributed by atoms with Crippen molar-refractivity contribution in [1.29, 1.82) is 0 Å². The number of nitrogens with one attached hydrogen (secondary N) is 1. The molecular weight excluding hydrogens is 512 g/mol. The van der Waals surface area contributed by atoms with Crippen molar-refractivity contribution in [2.75, 3.05) is 46.9 Å². The molecule has 0 spiro atoms. The fourth-order valence-electron chi connectivity index (χ4n) is 6.30. The number of hydrogen-bond acceptors (Lipinski definition) is 6. The van der Waals surface area contributed by atoms with Crippen LogP contribution in [0.4, 0.5) is 40.5 Å². The van der Waals surface area contributed by atoms with E-state index in [-0.39, 0.29) is 0 Å². The van der Waals surface area contributed by atoms with Crippen molar-refractivity contribution in [2.24, 2.45) is 14.1 Å². The van der Waals surface area contributed by atoms with Crippen LogP contribution in [0.2, 0.25) is 0 Å². The number of rotatable bonds is 3. The number of nitrogens with zero attached hydrogens (tertiary/aromatic N) is 9. The minimum absolute atomic E-state index is 0.770. The summed E-state index contributed by atoms with van der Waals surface area (Å²) in [5, 5.41) is 2.24. The van der Waals surface area contributed by atoms with Crippen molar-refractivity contribution in [3.8, 4) is 11.3 Å². The number of pyridine rings is 1. The highest BCUT2D eigenvalue weighted by molar-refractivity contribution is 5.96. The highest BCUT2D eigenvalue weighted by Crippen LogP contribution is 2.52. The Kier molecular flexibility index (Phi) is 4.97. The minimum Gasteiger partial charge on any atom is -0.324 e. The molecule has 0 atom stereocenters. The number of H-pyrrole nitrogens is 1. The van der Waals surface area contributed by atoms with E-state index in [1.807, 2.05) is 19.4 Å². The van der Waals surface area contributed by atoms with E-state index < -0.39 is 0 Å². The number of para-hydroxylation sites is 3. The van der Waals surface area contributed by atoms with Crippen molar-refractivity contribution in [1.82, 2.24) is 24.2 Å². The molecule has 8 rings (SSSR count). The first-order valence-corrected chi connectivity index (χ1v) is 13.8. The highest BCUT2D eigenvalue weighted by atomic mass is 15.7. The molecule has 4 aromatic heterocycles. The van der Waals surface area contributed by atoms with Crippen LogP contribution in [0, 0.1) is 0 Å². The molecule has 0 aliphatic carbocycles. The van der Waals surface area contributed by atoms with Crippen molar-refractivity contribution in [3.63, 3.8) is 0 Å². The van der Waals surface area contributed by atoms with Gasteiger partial charge in [0, 0.05) is 26.3 Å². The molecule has 2 aliphatic heterocycles. The zero-order valence-corrected chi connectivity index (χ0v) is 23.5. The van der Waals surface area contributed by atoms with E-state index in [1.165, 1.54) is 0 Å². The minimum atomic E-state index is 0.770. The summed E-state index contributed by atoms with van der Waals surface area (Å²) in [4.78, 5) is 20.7. The Labute approximate surface area is 237 Å². The molecular formula is C31H31N10+. The summed E-state index contributed by atoms with van der Waals surface area (Å²) in [5.74, 6) is 3.64. The lowest BCUT2D eigenvalue weighted by Gasteiger charge is -2.39. The topological polar surface area (TPSA) is 68.3 Å². The Bertz CT molecular complexity index is 1930. The molecule has 0 unspecified atom stereocenters. The number of aromatic amines is 1. The van der Waals surface area contributed by atoms with Crippen LogP contribution in [-0.2, 0) is 14.1 Å². The molecule has 0 amide bonds. The normalized spacial score (nSPS) is 14.4. The highest BCUT2D eigenvalue weighted by Gasteiger charge is 2.38. The Balaban J connectivity index is 1.29. The van der Waals surface area contributed by atoms with Gasteiger partial charge in [0.15, 0.2) is 23.5 Å². The summed E-state index contributed by atoms with van der Waals surface area (Å²) in [6.45, 7) is 1.59. The maximum absolute atomic E-state index is 5.34. The van der Waals surface area contributed by atoms with Gasteiger partial charge >= 0.3 is 0 Å². The van der Waals surface area contributed by atoms with E-state index in [0.717, 1.165) is 76.0 Å². The monoisotopic (exact) mass is 543 g/mol. The Morgan fingerprint density at radius 3 is 2.44 bits per heavy atom. The number of aromatic nitrogens is 6. The summed E-state index contributed by atoms with van der Waals surface area (Å²) in [7, 11) is 8.36.